The molecule has 8 heterocycles. The molecule has 0 spiro atoms. The van der Waals surface area contributed by atoms with Crippen molar-refractivity contribution in [3.8, 4) is 5.75 Å². The first-order valence-electron chi connectivity index (χ1n) is 37.3. The molecule has 26 nitrogen and oxygen atoms in total. The number of ether oxygens (including phenoxy) is 4. The second-order valence-electron chi connectivity index (χ2n) is 27.9. The van der Waals surface area contributed by atoms with Gasteiger partial charge in [-0.2, -0.15) is 0 Å². The predicted molar refractivity (Wildman–Crippen MR) is 447 cm³/mol. The van der Waals surface area contributed by atoms with Gasteiger partial charge in [-0.15, -0.1) is 11.3 Å². The molecule has 12 rings (SSSR count). The lowest BCUT2D eigenvalue weighted by molar-refractivity contribution is 0.0514. The van der Waals surface area contributed by atoms with Crippen molar-refractivity contribution in [1.29, 1.82) is 0 Å². The Morgan fingerprint density at radius 2 is 0.839 bits per heavy atom. The molecule has 3 saturated heterocycles. The number of anilines is 3. The molecule has 0 N–H and O–H groups in total. The van der Waals surface area contributed by atoms with Crippen molar-refractivity contribution in [2.24, 2.45) is 0 Å². The van der Waals surface area contributed by atoms with Crippen LogP contribution in [0.15, 0.2) is 140 Å². The van der Waals surface area contributed by atoms with Crippen LogP contribution in [-0.2, 0) is 33.8 Å². The number of fused-ring (bicyclic) bond motifs is 3. The number of pyridine rings is 3. The first-order chi connectivity index (χ1) is 52.5. The van der Waals surface area contributed by atoms with Crippen molar-refractivity contribution in [3.05, 3.63) is 196 Å². The highest BCUT2D eigenvalue weighted by atomic mass is 32.1. The number of rotatable bonds is 24. The minimum Gasteiger partial charge on any atom is -0.497 e. The Bertz CT molecular complexity index is 4870. The summed E-state index contributed by atoms with van der Waals surface area (Å²) in [4.78, 5) is 138. The van der Waals surface area contributed by atoms with Crippen LogP contribution in [0.3, 0.4) is 0 Å². The van der Waals surface area contributed by atoms with E-state index in [9.17, 15) is 43.2 Å². The summed E-state index contributed by atoms with van der Waals surface area (Å²) < 4.78 is 31.6. The van der Waals surface area contributed by atoms with Crippen molar-refractivity contribution >= 4 is 96.7 Å². The molecule has 604 valence electrons. The van der Waals surface area contributed by atoms with E-state index in [1.165, 1.54) is 17.6 Å². The third kappa shape index (κ3) is 20.5. The molecule has 5 aromatic heterocycles. The van der Waals surface area contributed by atoms with Gasteiger partial charge in [0.2, 0.25) is 0 Å². The van der Waals surface area contributed by atoms with Crippen LogP contribution in [-0.4, -0.2) is 246 Å². The lowest BCUT2D eigenvalue weighted by atomic mass is 10.0. The predicted octanol–water partition coefficient (Wildman–Crippen LogP) is 11.1. The fourth-order valence-corrected chi connectivity index (χ4v) is 14.8. The molecular formula is C85H114N12O14S. The molecule has 0 aliphatic carbocycles. The standard InChI is InChI=1S/C30H38N4O5.C27H34N4O4S.C25H30N4O5.3CH4/c1-6-39-30(37)26-27(24-20-21(2)8-13-25(24)34(29(26)36)15-7-14-31(3)4)32-16-18-33(19-17-32)28(35)22-9-11-23(38-5)12-10-22;1-5-35-27(34)23-24(29-13-15-30(16-14-29)25(32)22-8-6-17-36-22)20-18-19(2)9-10-21(20)31(26(23)33)12-7-11-28(3)4;1-4-33-25(32)21-22(27-12-14-28(15-13-27)23(30)20-10-7-17-34-20)18-8-5-6-9-19(18)29(24(21)31)16-11-26(2)3;;;/h8-13,20H,6-7,14-19H2,1-5H3;6,8-10,17-18H,5,7,11-16H2,1-4H3;5-10,17H,4,11-16H2,1-3H3;3*1H4. The Labute approximate surface area is 661 Å². The Hall–Kier alpha value is -10.6. The van der Waals surface area contributed by atoms with Crippen LogP contribution in [0.25, 0.3) is 32.7 Å². The maximum atomic E-state index is 13.9. The largest absolute Gasteiger partial charge is 0.497 e. The number of methoxy groups -OCH3 is 1. The third-order valence-corrected chi connectivity index (χ3v) is 20.4. The van der Waals surface area contributed by atoms with E-state index in [-0.39, 0.29) is 93.2 Å². The number of hydrogen-bond acceptors (Lipinski definition) is 21. The van der Waals surface area contributed by atoms with Crippen LogP contribution in [0, 0.1) is 13.8 Å². The SMILES string of the molecule is C.C.C.CCOC(=O)c1c(N2CCN(C(=O)c3ccc(OC)cc3)CC2)c2cc(C)ccc2n(CCCN(C)C)c1=O.CCOC(=O)c1c(N2CCN(C(=O)c3ccco3)CC2)c2ccccc2n(CCN(C)C)c1=O.CCOC(=O)c1c(N2CCN(C(=O)c3cccs3)CC2)c2cc(C)ccc2n(CCCN(C)C)c1=O. The molecule has 3 aliphatic heterocycles. The monoisotopic (exact) mass is 1560 g/mol. The van der Waals surface area contributed by atoms with Gasteiger partial charge in [-0.25, -0.2) is 14.4 Å². The fourth-order valence-electron chi connectivity index (χ4n) is 14.1. The maximum Gasteiger partial charge on any atom is 0.345 e. The molecule has 3 fully saturated rings. The number of amides is 3. The number of carbonyl (C=O) groups is 6. The molecule has 3 aliphatic rings. The van der Waals surface area contributed by atoms with Gasteiger partial charge in [-0.1, -0.05) is 69.8 Å². The lowest BCUT2D eigenvalue weighted by Gasteiger charge is -2.37. The number of furan rings is 1. The zero-order chi connectivity index (χ0) is 78.2. The van der Waals surface area contributed by atoms with Gasteiger partial charge in [-0.3, -0.25) is 28.8 Å². The summed E-state index contributed by atoms with van der Waals surface area (Å²) in [5.41, 5.74) is 6.01. The second-order valence-corrected chi connectivity index (χ2v) is 28.8. The van der Waals surface area contributed by atoms with Crippen LogP contribution < -0.4 is 36.1 Å². The van der Waals surface area contributed by atoms with E-state index < -0.39 is 17.9 Å². The summed E-state index contributed by atoms with van der Waals surface area (Å²) in [5.74, 6) is -1.04. The van der Waals surface area contributed by atoms with Crippen molar-refractivity contribution in [2.75, 3.05) is 182 Å². The molecule has 0 bridgehead atoms. The molecule has 0 unspecified atom stereocenters. The molecule has 9 aromatic rings. The topological polar surface area (TPSA) is 248 Å². The van der Waals surface area contributed by atoms with E-state index in [1.54, 1.807) is 87.8 Å². The average Bonchev–Trinajstić information content (AvgIpc) is 0.909. The van der Waals surface area contributed by atoms with Crippen LogP contribution in [0.5, 0.6) is 5.75 Å². The summed E-state index contributed by atoms with van der Waals surface area (Å²) in [7, 11) is 13.5. The van der Waals surface area contributed by atoms with Crippen LogP contribution in [0.1, 0.15) is 129 Å². The van der Waals surface area contributed by atoms with Crippen LogP contribution in [0.4, 0.5) is 17.1 Å². The Morgan fingerprint density at radius 1 is 0.438 bits per heavy atom. The van der Waals surface area contributed by atoms with E-state index in [0.717, 1.165) is 74.6 Å². The molecule has 3 amide bonds. The molecule has 0 atom stereocenters. The van der Waals surface area contributed by atoms with Gasteiger partial charge in [0.25, 0.3) is 34.4 Å². The van der Waals surface area contributed by atoms with Gasteiger partial charge < -0.3 is 81.2 Å². The van der Waals surface area contributed by atoms with Gasteiger partial charge in [0.15, 0.2) is 5.76 Å². The van der Waals surface area contributed by atoms with E-state index in [4.69, 9.17) is 23.4 Å². The number of piperazine rings is 3. The summed E-state index contributed by atoms with van der Waals surface area (Å²) in [6.07, 6.45) is 3.02. The second kappa shape index (κ2) is 41.1. The van der Waals surface area contributed by atoms with Crippen molar-refractivity contribution in [1.82, 2.24) is 43.1 Å². The van der Waals surface area contributed by atoms with Gasteiger partial charge in [0.05, 0.1) is 71.7 Å². The number of aromatic nitrogens is 3. The number of benzene rings is 4. The number of aryl methyl sites for hydroxylation is 4. The highest BCUT2D eigenvalue weighted by molar-refractivity contribution is 7.12. The van der Waals surface area contributed by atoms with Crippen LogP contribution in [0.2, 0.25) is 0 Å². The van der Waals surface area contributed by atoms with Gasteiger partial charge >= 0.3 is 17.9 Å². The zero-order valence-electron chi connectivity index (χ0n) is 64.8. The first-order valence-corrected chi connectivity index (χ1v) is 38.2. The molecule has 0 radical (unpaired) electrons. The molecule has 27 heteroatoms. The van der Waals surface area contributed by atoms with Crippen LogP contribution >= 0.6 is 11.3 Å². The highest BCUT2D eigenvalue weighted by Gasteiger charge is 2.35. The number of esters is 3. The quantitative estimate of drug-likeness (QED) is 0.0403. The first kappa shape index (κ1) is 88.6. The fraction of sp³-hybridized carbons (Fsp3) is 0.447. The normalized spacial score (nSPS) is 13.6. The summed E-state index contributed by atoms with van der Waals surface area (Å²) >= 11 is 1.44. The van der Waals surface area contributed by atoms with Crippen molar-refractivity contribution < 1.29 is 52.1 Å². The Kier molecular flexibility index (Phi) is 32.5. The molecule has 4 aromatic carbocycles. The average molecular weight is 1560 g/mol. The molecule has 112 heavy (non-hydrogen) atoms. The smallest absolute Gasteiger partial charge is 0.345 e. The molecular weight excluding hydrogens is 1450 g/mol. The number of thiophene rings is 1. The maximum absolute atomic E-state index is 13.9. The van der Waals surface area contributed by atoms with Crippen molar-refractivity contribution in [3.63, 3.8) is 0 Å². The summed E-state index contributed by atoms with van der Waals surface area (Å²) in [6, 6.07) is 33.7. The lowest BCUT2D eigenvalue weighted by Crippen LogP contribution is -2.49. The Morgan fingerprint density at radius 3 is 1.23 bits per heavy atom. The highest BCUT2D eigenvalue weighted by Crippen LogP contribution is 2.36. The third-order valence-electron chi connectivity index (χ3n) is 19.6. The van der Waals surface area contributed by atoms with Gasteiger partial charge in [0.1, 0.15) is 22.4 Å². The minimum atomic E-state index is -0.624. The van der Waals surface area contributed by atoms with E-state index >= 15 is 0 Å². The van der Waals surface area contributed by atoms with Gasteiger partial charge in [0, 0.05) is 126 Å². The number of para-hydroxylation sites is 1. The molecule has 0 saturated carbocycles. The summed E-state index contributed by atoms with van der Waals surface area (Å²) in [6.45, 7) is 19.3. The van der Waals surface area contributed by atoms with E-state index in [1.807, 2.05) is 149 Å². The van der Waals surface area contributed by atoms with Gasteiger partial charge in [-0.05, 0) is 181 Å². The summed E-state index contributed by atoms with van der Waals surface area (Å²) in [5, 5.41) is 4.42. The van der Waals surface area contributed by atoms with Crippen molar-refractivity contribution in [2.45, 2.75) is 89.4 Å². The number of carbonyl (C=O) groups excluding carboxylic acids is 6. The number of likely N-dealkylation sites (N-methyl/N-ethyl adjacent to an activating group) is 1. The van der Waals surface area contributed by atoms with E-state index in [0.29, 0.717) is 139 Å². The van der Waals surface area contributed by atoms with E-state index in [2.05, 4.69) is 19.6 Å². The number of hydrogen-bond donors (Lipinski definition) is 0. The Balaban J connectivity index is 0.000000231. The minimum absolute atomic E-state index is 0. The number of nitrogens with zero attached hydrogens (tertiary/aromatic N) is 12. The zero-order valence-corrected chi connectivity index (χ0v) is 65.6.